The summed E-state index contributed by atoms with van der Waals surface area (Å²) in [5.41, 5.74) is -4.76. The second-order valence-electron chi connectivity index (χ2n) is 14.9. The van der Waals surface area contributed by atoms with Gasteiger partial charge in [0.1, 0.15) is 11.5 Å². The van der Waals surface area contributed by atoms with Gasteiger partial charge in [0.05, 0.1) is 18.1 Å². The predicted molar refractivity (Wildman–Crippen MR) is 141 cm³/mol. The molecule has 0 aromatic carbocycles. The Hall–Kier alpha value is -2.75. The molecule has 0 aromatic rings. The summed E-state index contributed by atoms with van der Waals surface area (Å²) in [5.74, 6) is -2.24. The zero-order valence-corrected chi connectivity index (χ0v) is 24.2. The number of ether oxygens (including phenoxy) is 2. The Kier molecular flexibility index (Phi) is 4.96. The molecule has 3 saturated carbocycles. The van der Waals surface area contributed by atoms with Crippen LogP contribution < -0.4 is 0 Å². The first-order chi connectivity index (χ1) is 18.0. The van der Waals surface area contributed by atoms with Gasteiger partial charge in [-0.15, -0.1) is 0 Å². The molecule has 4 fully saturated rings. The van der Waals surface area contributed by atoms with Crippen molar-refractivity contribution >= 4 is 23.5 Å². The number of ketones is 2. The van der Waals surface area contributed by atoms with Gasteiger partial charge in [-0.1, -0.05) is 40.7 Å². The lowest BCUT2D eigenvalue weighted by Crippen LogP contribution is -2.71. The first kappa shape index (κ1) is 26.5. The van der Waals surface area contributed by atoms with E-state index in [9.17, 15) is 24.4 Å². The van der Waals surface area contributed by atoms with Crippen molar-refractivity contribution in [1.82, 2.24) is 0 Å². The summed E-state index contributed by atoms with van der Waals surface area (Å²) >= 11 is 0. The molecule has 7 heteroatoms. The third-order valence-electron chi connectivity index (χ3n) is 13.0. The van der Waals surface area contributed by atoms with Gasteiger partial charge in [0.25, 0.3) is 0 Å². The summed E-state index contributed by atoms with van der Waals surface area (Å²) in [6.07, 6.45) is 8.34. The van der Waals surface area contributed by atoms with Crippen molar-refractivity contribution < 1.29 is 28.7 Å². The highest BCUT2D eigenvalue weighted by Gasteiger charge is 2.82. The molecule has 0 aromatic heterocycles. The molecule has 6 rings (SSSR count). The Morgan fingerprint density at radius 1 is 1.00 bits per heavy atom. The number of hydrogen-bond donors (Lipinski definition) is 0. The summed E-state index contributed by atoms with van der Waals surface area (Å²) in [5, 5.41) is 9.96. The largest absolute Gasteiger partial charge is 0.468 e. The van der Waals surface area contributed by atoms with Gasteiger partial charge in [-0.3, -0.25) is 19.2 Å². The number of esters is 2. The van der Waals surface area contributed by atoms with Crippen LogP contribution in [-0.4, -0.2) is 36.2 Å². The Morgan fingerprint density at radius 2 is 1.67 bits per heavy atom. The minimum Gasteiger partial charge on any atom is -0.468 e. The normalized spacial score (nSPS) is 49.2. The number of carbonyl (C=O) groups excluding carboxylic acids is 4. The topological polar surface area (TPSA) is 111 Å². The molecule has 1 heterocycles. The van der Waals surface area contributed by atoms with Crippen molar-refractivity contribution in [2.75, 3.05) is 7.11 Å². The summed E-state index contributed by atoms with van der Waals surface area (Å²) in [6, 6.07) is 2.03. The number of methoxy groups -OCH3 is 1. The molecular weight excluding hydrogens is 494 g/mol. The van der Waals surface area contributed by atoms with E-state index in [0.717, 1.165) is 24.8 Å². The molecular formula is C32H39NO6. The molecule has 1 aliphatic heterocycles. The first-order valence-electron chi connectivity index (χ1n) is 14.3. The van der Waals surface area contributed by atoms with E-state index >= 15 is 0 Å². The van der Waals surface area contributed by atoms with E-state index in [1.165, 1.54) is 7.11 Å². The molecule has 0 N–H and O–H groups in total. The zero-order valence-electron chi connectivity index (χ0n) is 24.2. The van der Waals surface area contributed by atoms with Crippen LogP contribution in [-0.2, 0) is 28.7 Å². The van der Waals surface area contributed by atoms with E-state index in [1.54, 1.807) is 19.1 Å². The molecule has 0 radical (unpaired) electrons. The fourth-order valence-corrected chi connectivity index (χ4v) is 10.6. The van der Waals surface area contributed by atoms with Crippen LogP contribution in [0.5, 0.6) is 0 Å². The van der Waals surface area contributed by atoms with E-state index in [-0.39, 0.29) is 28.7 Å². The van der Waals surface area contributed by atoms with Gasteiger partial charge in [0.15, 0.2) is 17.2 Å². The van der Waals surface area contributed by atoms with Crippen LogP contribution in [0.25, 0.3) is 0 Å². The lowest BCUT2D eigenvalue weighted by molar-refractivity contribution is -0.207. The number of fused-ring (bicyclic) bond motifs is 4. The van der Waals surface area contributed by atoms with Crippen LogP contribution in [0.1, 0.15) is 86.5 Å². The van der Waals surface area contributed by atoms with E-state index in [0.29, 0.717) is 25.7 Å². The number of allylic oxidation sites excluding steroid dienone is 3. The highest BCUT2D eigenvalue weighted by molar-refractivity contribution is 6.15. The Bertz CT molecular complexity index is 1370. The van der Waals surface area contributed by atoms with E-state index in [4.69, 9.17) is 9.47 Å². The highest BCUT2D eigenvalue weighted by atomic mass is 16.6. The van der Waals surface area contributed by atoms with Crippen molar-refractivity contribution in [2.24, 2.45) is 44.3 Å². The van der Waals surface area contributed by atoms with E-state index < -0.39 is 50.3 Å². The number of Topliss-reactive ketones (excluding diaryl/α,β-unsaturated/α-hetero) is 1. The van der Waals surface area contributed by atoms with Crippen LogP contribution in [0.2, 0.25) is 0 Å². The number of nitrogens with zero attached hydrogens (tertiary/aromatic N) is 1. The Balaban J connectivity index is 1.60. The second kappa shape index (κ2) is 7.30. The molecule has 8 atom stereocenters. The maximum atomic E-state index is 14.6. The van der Waals surface area contributed by atoms with Crippen molar-refractivity contribution in [3.63, 3.8) is 0 Å². The first-order valence-corrected chi connectivity index (χ1v) is 14.3. The molecule has 7 nitrogen and oxygen atoms in total. The summed E-state index contributed by atoms with van der Waals surface area (Å²) < 4.78 is 11.6. The number of nitriles is 1. The Labute approximate surface area is 230 Å². The number of carbonyl (C=O) groups is 4. The molecule has 2 bridgehead atoms. The zero-order chi connectivity index (χ0) is 28.6. The average molecular weight is 534 g/mol. The number of hydrogen-bond acceptors (Lipinski definition) is 7. The van der Waals surface area contributed by atoms with Gasteiger partial charge in [0.2, 0.25) is 0 Å². The lowest BCUT2D eigenvalue weighted by Gasteiger charge is -2.68. The molecule has 39 heavy (non-hydrogen) atoms. The third-order valence-corrected chi connectivity index (χ3v) is 13.0. The quantitative estimate of drug-likeness (QED) is 0.343. The third kappa shape index (κ3) is 2.61. The van der Waals surface area contributed by atoms with Crippen molar-refractivity contribution in [2.45, 2.75) is 92.1 Å². The van der Waals surface area contributed by atoms with Crippen LogP contribution >= 0.6 is 0 Å². The predicted octanol–water partition coefficient (Wildman–Crippen LogP) is 5.04. The molecule has 6 aliphatic rings. The van der Waals surface area contributed by atoms with E-state index in [1.807, 2.05) is 13.0 Å². The minimum absolute atomic E-state index is 0.00128. The highest BCUT2D eigenvalue weighted by Crippen LogP contribution is 2.78. The van der Waals surface area contributed by atoms with Gasteiger partial charge in [0, 0.05) is 16.7 Å². The van der Waals surface area contributed by atoms with Crippen molar-refractivity contribution in [3.05, 3.63) is 23.3 Å². The maximum Gasteiger partial charge on any atom is 0.319 e. The van der Waals surface area contributed by atoms with Gasteiger partial charge >= 0.3 is 11.9 Å². The minimum atomic E-state index is -1.54. The molecule has 1 saturated heterocycles. The fraction of sp³-hybridized carbons (Fsp3) is 0.719. The molecule has 208 valence electrons. The Morgan fingerprint density at radius 3 is 2.31 bits per heavy atom. The maximum absolute atomic E-state index is 14.6. The van der Waals surface area contributed by atoms with Crippen LogP contribution in [0.15, 0.2) is 23.3 Å². The monoisotopic (exact) mass is 533 g/mol. The molecule has 0 amide bonds. The van der Waals surface area contributed by atoms with Crippen LogP contribution in [0.3, 0.4) is 0 Å². The smallest absolute Gasteiger partial charge is 0.319 e. The molecule has 5 aliphatic carbocycles. The second-order valence-corrected chi connectivity index (χ2v) is 14.9. The average Bonchev–Trinajstić information content (AvgIpc) is 3.07. The van der Waals surface area contributed by atoms with E-state index in [2.05, 4.69) is 27.7 Å². The van der Waals surface area contributed by atoms with Gasteiger partial charge < -0.3 is 9.47 Å². The van der Waals surface area contributed by atoms with Gasteiger partial charge in [-0.05, 0) is 80.3 Å². The fourth-order valence-electron chi connectivity index (χ4n) is 10.6. The SMILES string of the molecule is COC(=O)[C@@]1(C)C(=O)C(C#N)=C[C@]2(C)C3=CC(=O)[C@]45OC(=O)[C@@]6(CCC(C)(C)C[C@H]64)CC[C@@]5(C)[C@]3(C)CC[C@@H]12. The summed E-state index contributed by atoms with van der Waals surface area (Å²) in [7, 11) is 1.26. The van der Waals surface area contributed by atoms with Crippen LogP contribution in [0, 0.1) is 55.7 Å². The van der Waals surface area contributed by atoms with Gasteiger partial charge in [-0.25, -0.2) is 0 Å². The van der Waals surface area contributed by atoms with Crippen molar-refractivity contribution in [3.8, 4) is 6.07 Å². The van der Waals surface area contributed by atoms with Gasteiger partial charge in [-0.2, -0.15) is 5.26 Å². The van der Waals surface area contributed by atoms with Crippen LogP contribution in [0.4, 0.5) is 0 Å². The van der Waals surface area contributed by atoms with Crippen molar-refractivity contribution in [1.29, 1.82) is 5.26 Å². The number of rotatable bonds is 1. The molecule has 1 spiro atoms. The molecule has 0 unspecified atom stereocenters. The summed E-state index contributed by atoms with van der Waals surface area (Å²) in [6.45, 7) is 12.3. The summed E-state index contributed by atoms with van der Waals surface area (Å²) in [4.78, 5) is 55.0. The standard InChI is InChI=1S/C32H39NO6/c1-26(2)10-12-31-13-11-29(5)28(4)9-8-19-27(3,15-18(17-33)23(35)30(19,6)24(36)38-7)20(28)14-22(34)32(29,21(31)16-26)39-25(31)37/h14-15,19,21H,8-13,16H2,1-7H3/t19-,21-,27+,28-,29+,30-,31+,32-/m1/s1. The lowest BCUT2D eigenvalue weighted by atomic mass is 9.33.